The van der Waals surface area contributed by atoms with E-state index in [0.29, 0.717) is 12.1 Å². The molecule has 2 rings (SSSR count). The second-order valence-corrected chi connectivity index (χ2v) is 4.06. The Morgan fingerprint density at radius 1 is 1.05 bits per heavy atom. The molecule has 0 atom stereocenters. The van der Waals surface area contributed by atoms with Crippen molar-refractivity contribution in [3.63, 3.8) is 0 Å². The van der Waals surface area contributed by atoms with Crippen LogP contribution in [0.5, 0.6) is 0 Å². The molecule has 0 spiro atoms. The number of pyridine rings is 1. The maximum atomic E-state index is 13.8. The predicted octanol–water partition coefficient (Wildman–Crippen LogP) is 3.31. The standard InChI is InChI=1S/C14H9F4NO/c1-7(6-20)14-10(2-9(16)5-19-14)13-11(17)3-8(15)4-12(13)18/h2-5,20H,1,6H2. The van der Waals surface area contributed by atoms with Crippen LogP contribution in [0, 0.1) is 23.3 Å². The van der Waals surface area contributed by atoms with E-state index in [-0.39, 0.29) is 16.8 Å². The lowest BCUT2D eigenvalue weighted by Crippen LogP contribution is -2.01. The van der Waals surface area contributed by atoms with Gasteiger partial charge in [0, 0.05) is 17.7 Å². The number of benzene rings is 1. The van der Waals surface area contributed by atoms with Crippen molar-refractivity contribution in [2.75, 3.05) is 6.61 Å². The summed E-state index contributed by atoms with van der Waals surface area (Å²) in [5, 5.41) is 9.03. The first-order chi connectivity index (χ1) is 9.43. The van der Waals surface area contributed by atoms with Gasteiger partial charge >= 0.3 is 0 Å². The molecule has 0 aliphatic heterocycles. The molecule has 6 heteroatoms. The Labute approximate surface area is 112 Å². The Balaban J connectivity index is 2.75. The first kappa shape index (κ1) is 14.2. The molecule has 0 aliphatic carbocycles. The molecule has 2 aromatic rings. The Bertz CT molecular complexity index is 662. The molecule has 0 unspecified atom stereocenters. The number of halogens is 4. The average Bonchev–Trinajstić information content (AvgIpc) is 2.37. The molecule has 1 heterocycles. The summed E-state index contributed by atoms with van der Waals surface area (Å²) in [5.41, 5.74) is -0.858. The third-order valence-corrected chi connectivity index (χ3v) is 2.66. The van der Waals surface area contributed by atoms with E-state index in [2.05, 4.69) is 11.6 Å². The molecule has 1 aromatic carbocycles. The highest BCUT2D eigenvalue weighted by Crippen LogP contribution is 2.32. The van der Waals surface area contributed by atoms with E-state index in [1.807, 2.05) is 0 Å². The van der Waals surface area contributed by atoms with Crippen LogP contribution in [0.25, 0.3) is 16.7 Å². The highest BCUT2D eigenvalue weighted by molar-refractivity contribution is 5.79. The van der Waals surface area contributed by atoms with Crippen molar-refractivity contribution < 1.29 is 22.7 Å². The van der Waals surface area contributed by atoms with Gasteiger partial charge in [-0.1, -0.05) is 6.58 Å². The van der Waals surface area contributed by atoms with Gasteiger partial charge in [-0.3, -0.25) is 4.98 Å². The van der Waals surface area contributed by atoms with Crippen LogP contribution in [-0.2, 0) is 0 Å². The van der Waals surface area contributed by atoms with Crippen molar-refractivity contribution in [3.8, 4) is 11.1 Å². The lowest BCUT2D eigenvalue weighted by atomic mass is 9.99. The molecule has 0 aliphatic rings. The van der Waals surface area contributed by atoms with E-state index in [1.54, 1.807) is 0 Å². The molecule has 0 fully saturated rings. The Hall–Kier alpha value is -2.21. The molecule has 0 saturated carbocycles. The molecule has 1 N–H and O–H groups in total. The molecule has 0 amide bonds. The van der Waals surface area contributed by atoms with Crippen LogP contribution >= 0.6 is 0 Å². The van der Waals surface area contributed by atoms with Gasteiger partial charge in [0.1, 0.15) is 23.3 Å². The number of aromatic nitrogens is 1. The van der Waals surface area contributed by atoms with E-state index in [0.717, 1.165) is 12.3 Å². The van der Waals surface area contributed by atoms with Gasteiger partial charge in [-0.15, -0.1) is 0 Å². The zero-order chi connectivity index (χ0) is 14.9. The van der Waals surface area contributed by atoms with Crippen LogP contribution in [0.4, 0.5) is 17.6 Å². The summed E-state index contributed by atoms with van der Waals surface area (Å²) in [4.78, 5) is 3.67. The SMILES string of the molecule is C=C(CO)c1ncc(F)cc1-c1c(F)cc(F)cc1F. The number of hydrogen-bond donors (Lipinski definition) is 1. The summed E-state index contributed by atoms with van der Waals surface area (Å²) in [6.45, 7) is 2.96. The van der Waals surface area contributed by atoms with Gasteiger partial charge in [-0.25, -0.2) is 17.6 Å². The van der Waals surface area contributed by atoms with Gasteiger partial charge in [0.05, 0.1) is 24.1 Å². The summed E-state index contributed by atoms with van der Waals surface area (Å²) in [6, 6.07) is 1.81. The number of hydrogen-bond acceptors (Lipinski definition) is 2. The number of aliphatic hydroxyl groups excluding tert-OH is 1. The Kier molecular flexibility index (Phi) is 3.85. The summed E-state index contributed by atoms with van der Waals surface area (Å²) < 4.78 is 53.7. The summed E-state index contributed by atoms with van der Waals surface area (Å²) >= 11 is 0. The average molecular weight is 283 g/mol. The topological polar surface area (TPSA) is 33.1 Å². The van der Waals surface area contributed by atoms with Crippen molar-refractivity contribution in [1.29, 1.82) is 0 Å². The molecule has 20 heavy (non-hydrogen) atoms. The second kappa shape index (κ2) is 5.42. The fourth-order valence-electron chi connectivity index (χ4n) is 1.79. The Morgan fingerprint density at radius 3 is 2.20 bits per heavy atom. The largest absolute Gasteiger partial charge is 0.392 e. The second-order valence-electron chi connectivity index (χ2n) is 4.06. The van der Waals surface area contributed by atoms with E-state index >= 15 is 0 Å². The third kappa shape index (κ3) is 2.55. The molecule has 2 nitrogen and oxygen atoms in total. The van der Waals surface area contributed by atoms with Crippen molar-refractivity contribution >= 4 is 5.57 Å². The monoisotopic (exact) mass is 283 g/mol. The molecular weight excluding hydrogens is 274 g/mol. The quantitative estimate of drug-likeness (QED) is 0.877. The maximum Gasteiger partial charge on any atom is 0.142 e. The smallest absolute Gasteiger partial charge is 0.142 e. The first-order valence-corrected chi connectivity index (χ1v) is 5.53. The summed E-state index contributed by atoms with van der Waals surface area (Å²) in [5.74, 6) is -4.29. The van der Waals surface area contributed by atoms with Gasteiger partial charge in [-0.2, -0.15) is 0 Å². The molecule has 104 valence electrons. The van der Waals surface area contributed by atoms with E-state index in [1.165, 1.54) is 0 Å². The molecule has 0 saturated heterocycles. The van der Waals surface area contributed by atoms with Gasteiger partial charge in [-0.05, 0) is 11.6 Å². The van der Waals surface area contributed by atoms with Crippen molar-refractivity contribution in [2.45, 2.75) is 0 Å². The van der Waals surface area contributed by atoms with Gasteiger partial charge in [0.25, 0.3) is 0 Å². The van der Waals surface area contributed by atoms with E-state index < -0.39 is 35.4 Å². The molecular formula is C14H9F4NO. The Morgan fingerprint density at radius 2 is 1.65 bits per heavy atom. The number of aliphatic hydroxyl groups is 1. The molecule has 0 radical (unpaired) electrons. The molecule has 0 bridgehead atoms. The maximum absolute atomic E-state index is 13.8. The number of rotatable bonds is 3. The van der Waals surface area contributed by atoms with Crippen molar-refractivity contribution in [1.82, 2.24) is 4.98 Å². The lowest BCUT2D eigenvalue weighted by molar-refractivity contribution is 0.350. The van der Waals surface area contributed by atoms with Crippen LogP contribution in [0.1, 0.15) is 5.69 Å². The first-order valence-electron chi connectivity index (χ1n) is 5.53. The van der Waals surface area contributed by atoms with E-state index in [4.69, 9.17) is 5.11 Å². The molecule has 1 aromatic heterocycles. The van der Waals surface area contributed by atoms with Gasteiger partial charge < -0.3 is 5.11 Å². The minimum absolute atomic E-state index is 0.0571. The summed E-state index contributed by atoms with van der Waals surface area (Å²) in [6.07, 6.45) is 0.832. The predicted molar refractivity (Wildman–Crippen MR) is 65.6 cm³/mol. The van der Waals surface area contributed by atoms with Crippen LogP contribution in [0.15, 0.2) is 31.0 Å². The highest BCUT2D eigenvalue weighted by Gasteiger charge is 2.19. The van der Waals surface area contributed by atoms with E-state index in [9.17, 15) is 17.6 Å². The summed E-state index contributed by atoms with van der Waals surface area (Å²) in [7, 11) is 0. The van der Waals surface area contributed by atoms with Crippen molar-refractivity contribution in [3.05, 3.63) is 59.9 Å². The number of nitrogens with zero attached hydrogens (tertiary/aromatic N) is 1. The van der Waals surface area contributed by atoms with Crippen LogP contribution in [-0.4, -0.2) is 16.7 Å². The zero-order valence-corrected chi connectivity index (χ0v) is 10.1. The van der Waals surface area contributed by atoms with Crippen LogP contribution in [0.2, 0.25) is 0 Å². The zero-order valence-electron chi connectivity index (χ0n) is 10.1. The van der Waals surface area contributed by atoms with Crippen LogP contribution < -0.4 is 0 Å². The normalized spacial score (nSPS) is 10.7. The van der Waals surface area contributed by atoms with Gasteiger partial charge in [0.15, 0.2) is 0 Å². The highest BCUT2D eigenvalue weighted by atomic mass is 19.1. The minimum Gasteiger partial charge on any atom is -0.392 e. The van der Waals surface area contributed by atoms with Crippen molar-refractivity contribution in [2.24, 2.45) is 0 Å². The van der Waals surface area contributed by atoms with Gasteiger partial charge in [0.2, 0.25) is 0 Å². The minimum atomic E-state index is -1.19. The van der Waals surface area contributed by atoms with Crippen LogP contribution in [0.3, 0.4) is 0 Å². The fraction of sp³-hybridized carbons (Fsp3) is 0.0714. The lowest BCUT2D eigenvalue weighted by Gasteiger charge is -2.11. The third-order valence-electron chi connectivity index (χ3n) is 2.66. The fourth-order valence-corrected chi connectivity index (χ4v) is 1.79.